The van der Waals surface area contributed by atoms with E-state index in [0.717, 1.165) is 6.42 Å². The summed E-state index contributed by atoms with van der Waals surface area (Å²) in [5.74, 6) is -1.19. The molecular formula is C21H21FN4O2. The number of halogens is 1. The van der Waals surface area contributed by atoms with E-state index >= 15 is 0 Å². The molecule has 1 aliphatic carbocycles. The van der Waals surface area contributed by atoms with Gasteiger partial charge in [0.1, 0.15) is 17.3 Å². The first-order chi connectivity index (χ1) is 13.5. The Morgan fingerprint density at radius 1 is 1.25 bits per heavy atom. The van der Waals surface area contributed by atoms with Crippen molar-refractivity contribution >= 4 is 23.0 Å². The Hall–Kier alpha value is -3.48. The number of hydrogen-bond acceptors (Lipinski definition) is 5. The number of phenolic OH excluding ortho intramolecular Hbond substituents is 1. The Kier molecular flexibility index (Phi) is 5.84. The van der Waals surface area contributed by atoms with Gasteiger partial charge in [-0.3, -0.25) is 10.2 Å². The van der Waals surface area contributed by atoms with Crippen LogP contribution < -0.4 is 11.1 Å². The molecule has 28 heavy (non-hydrogen) atoms. The van der Waals surface area contributed by atoms with Crippen molar-refractivity contribution in [3.05, 3.63) is 71.7 Å². The van der Waals surface area contributed by atoms with Crippen LogP contribution >= 0.6 is 0 Å². The maximum Gasteiger partial charge on any atom is 0.270 e. The number of hydrogen-bond donors (Lipinski definition) is 4. The van der Waals surface area contributed by atoms with Gasteiger partial charge in [0.05, 0.1) is 11.7 Å². The van der Waals surface area contributed by atoms with E-state index in [0.29, 0.717) is 24.1 Å². The van der Waals surface area contributed by atoms with Crippen LogP contribution in [-0.2, 0) is 4.79 Å². The van der Waals surface area contributed by atoms with Gasteiger partial charge in [-0.25, -0.2) is 9.38 Å². The molecule has 5 N–H and O–H groups in total. The average Bonchev–Trinajstić information content (AvgIpc) is 2.70. The van der Waals surface area contributed by atoms with Crippen molar-refractivity contribution in [2.75, 3.05) is 0 Å². The van der Waals surface area contributed by atoms with E-state index in [2.05, 4.69) is 10.3 Å². The summed E-state index contributed by atoms with van der Waals surface area (Å²) < 4.78 is 13.9. The van der Waals surface area contributed by atoms with Crippen molar-refractivity contribution in [3.63, 3.8) is 0 Å². The monoisotopic (exact) mass is 380 g/mol. The first-order valence-corrected chi connectivity index (χ1v) is 8.93. The fourth-order valence-electron chi connectivity index (χ4n) is 3.18. The summed E-state index contributed by atoms with van der Waals surface area (Å²) in [5, 5.41) is 20.7. The number of amides is 1. The first kappa shape index (κ1) is 19.3. The molecule has 1 atom stereocenters. The number of carbonyl (C=O) groups excluding carboxylic acids is 1. The number of para-hydroxylation sites is 2. The molecule has 2 aromatic rings. The van der Waals surface area contributed by atoms with Crippen LogP contribution in [0.3, 0.4) is 0 Å². The number of benzene rings is 2. The number of nitrogens with two attached hydrogens (primary N) is 1. The number of aromatic hydroxyl groups is 1. The Morgan fingerprint density at radius 2 is 1.96 bits per heavy atom. The van der Waals surface area contributed by atoms with Crippen molar-refractivity contribution in [1.82, 2.24) is 5.32 Å². The predicted molar refractivity (Wildman–Crippen MR) is 106 cm³/mol. The molecule has 1 unspecified atom stereocenters. The van der Waals surface area contributed by atoms with E-state index < -0.39 is 17.8 Å². The molecule has 1 amide bonds. The zero-order valence-corrected chi connectivity index (χ0v) is 15.2. The van der Waals surface area contributed by atoms with Crippen LogP contribution in [0.4, 0.5) is 10.1 Å². The molecule has 1 aliphatic rings. The lowest BCUT2D eigenvalue weighted by atomic mass is 9.88. The number of phenols is 1. The third-order valence-corrected chi connectivity index (χ3v) is 4.61. The second-order valence-corrected chi connectivity index (χ2v) is 6.44. The lowest BCUT2D eigenvalue weighted by molar-refractivity contribution is -0.115. The van der Waals surface area contributed by atoms with Gasteiger partial charge in [0.25, 0.3) is 5.91 Å². The van der Waals surface area contributed by atoms with Gasteiger partial charge in [-0.05, 0) is 43.5 Å². The molecule has 0 saturated heterocycles. The van der Waals surface area contributed by atoms with E-state index in [1.54, 1.807) is 30.3 Å². The van der Waals surface area contributed by atoms with Gasteiger partial charge >= 0.3 is 0 Å². The van der Waals surface area contributed by atoms with Gasteiger partial charge in [-0.2, -0.15) is 0 Å². The predicted octanol–water partition coefficient (Wildman–Crippen LogP) is 3.18. The minimum absolute atomic E-state index is 0.136. The number of nitrogens with one attached hydrogen (secondary N) is 2. The highest BCUT2D eigenvalue weighted by Crippen LogP contribution is 2.26. The second kappa shape index (κ2) is 8.47. The highest BCUT2D eigenvalue weighted by Gasteiger charge is 2.27. The maximum absolute atomic E-state index is 13.9. The summed E-state index contributed by atoms with van der Waals surface area (Å²) >= 11 is 0. The molecule has 3 rings (SSSR count). The van der Waals surface area contributed by atoms with Crippen LogP contribution in [0.1, 0.15) is 24.8 Å². The lowest BCUT2D eigenvalue weighted by Gasteiger charge is -2.27. The van der Waals surface area contributed by atoms with Gasteiger partial charge in [0, 0.05) is 23.0 Å². The Bertz CT molecular complexity index is 968. The van der Waals surface area contributed by atoms with Crippen molar-refractivity contribution in [2.24, 2.45) is 10.7 Å². The van der Waals surface area contributed by atoms with Crippen molar-refractivity contribution < 1.29 is 14.3 Å². The van der Waals surface area contributed by atoms with E-state index in [4.69, 9.17) is 11.1 Å². The molecule has 0 bridgehead atoms. The molecule has 1 fully saturated rings. The molecule has 6 nitrogen and oxygen atoms in total. The smallest absolute Gasteiger partial charge is 0.270 e. The van der Waals surface area contributed by atoms with E-state index in [9.17, 15) is 14.3 Å². The lowest BCUT2D eigenvalue weighted by Crippen LogP contribution is -2.44. The number of aliphatic imine (C=N–C) groups is 1. The summed E-state index contributed by atoms with van der Waals surface area (Å²) in [6.07, 6.45) is 3.34. The highest BCUT2D eigenvalue weighted by atomic mass is 19.1. The van der Waals surface area contributed by atoms with E-state index in [1.165, 1.54) is 24.4 Å². The quantitative estimate of drug-likeness (QED) is 0.611. The minimum atomic E-state index is -0.627. The zero-order chi connectivity index (χ0) is 20.1. The summed E-state index contributed by atoms with van der Waals surface area (Å²) in [5.41, 5.74) is 7.02. The largest absolute Gasteiger partial charge is 0.507 e. The number of carbonyl (C=O) groups is 1. The normalized spacial score (nSPS) is 19.5. The van der Waals surface area contributed by atoms with Gasteiger partial charge in [-0.15, -0.1) is 0 Å². The molecular weight excluding hydrogens is 359 g/mol. The van der Waals surface area contributed by atoms with Crippen molar-refractivity contribution in [3.8, 4) is 5.75 Å². The molecule has 2 aromatic carbocycles. The summed E-state index contributed by atoms with van der Waals surface area (Å²) in [4.78, 5) is 16.9. The molecule has 0 aromatic heterocycles. The number of nitrogens with zero attached hydrogens (tertiary/aromatic N) is 1. The van der Waals surface area contributed by atoms with Gasteiger partial charge < -0.3 is 16.2 Å². The molecule has 0 spiro atoms. The van der Waals surface area contributed by atoms with Crippen LogP contribution in [0, 0.1) is 11.2 Å². The van der Waals surface area contributed by atoms with E-state index in [1.807, 2.05) is 0 Å². The fourth-order valence-corrected chi connectivity index (χ4v) is 3.18. The summed E-state index contributed by atoms with van der Waals surface area (Å²) in [6, 6.07) is 11.9. The maximum atomic E-state index is 13.9. The highest BCUT2D eigenvalue weighted by molar-refractivity contribution is 6.44. The third-order valence-electron chi connectivity index (χ3n) is 4.61. The second-order valence-electron chi connectivity index (χ2n) is 6.44. The van der Waals surface area contributed by atoms with Crippen LogP contribution in [0.15, 0.2) is 65.3 Å². The zero-order valence-electron chi connectivity index (χ0n) is 15.2. The van der Waals surface area contributed by atoms with Gasteiger partial charge in [-0.1, -0.05) is 24.3 Å². The average molecular weight is 380 g/mol. The first-order valence-electron chi connectivity index (χ1n) is 8.93. The molecule has 1 saturated carbocycles. The molecule has 0 aliphatic heterocycles. The minimum Gasteiger partial charge on any atom is -0.507 e. The molecule has 7 heteroatoms. The van der Waals surface area contributed by atoms with Crippen molar-refractivity contribution in [2.45, 2.75) is 25.3 Å². The van der Waals surface area contributed by atoms with Gasteiger partial charge in [0.2, 0.25) is 0 Å². The van der Waals surface area contributed by atoms with Gasteiger partial charge in [0.15, 0.2) is 0 Å². The van der Waals surface area contributed by atoms with Crippen LogP contribution in [0.2, 0.25) is 0 Å². The third kappa shape index (κ3) is 4.09. The SMILES string of the molecule is N=C(C(=O)NC1CCCC(=Nc2ccccc2F)C1=CN)c1ccccc1O. The van der Waals surface area contributed by atoms with Crippen molar-refractivity contribution in [1.29, 1.82) is 5.41 Å². The Balaban J connectivity index is 1.80. The molecule has 0 radical (unpaired) electrons. The Labute approximate surface area is 162 Å². The molecule has 144 valence electrons. The van der Waals surface area contributed by atoms with Crippen LogP contribution in [0.5, 0.6) is 5.75 Å². The van der Waals surface area contributed by atoms with E-state index in [-0.39, 0.29) is 22.7 Å². The summed E-state index contributed by atoms with van der Waals surface area (Å²) in [6.45, 7) is 0. The van der Waals surface area contributed by atoms with Crippen LogP contribution in [0.25, 0.3) is 0 Å². The van der Waals surface area contributed by atoms with Crippen LogP contribution in [-0.4, -0.2) is 28.5 Å². The fraction of sp³-hybridized carbons (Fsp3) is 0.190. The topological polar surface area (TPSA) is 112 Å². The molecule has 0 heterocycles. The standard InChI is InChI=1S/C21H21FN4O2/c22-15-7-2-3-8-18(15)25-16-9-5-10-17(14(16)12-23)26-21(28)20(24)13-6-1-4-11-19(13)27/h1-4,6-8,11-12,17,24,27H,5,9-10,23H2,(H,26,28). The summed E-state index contributed by atoms with van der Waals surface area (Å²) in [7, 11) is 0. The number of rotatable bonds is 4. The Morgan fingerprint density at radius 3 is 2.68 bits per heavy atom.